The first-order valence-corrected chi connectivity index (χ1v) is 10.9. The van der Waals surface area contributed by atoms with Crippen molar-refractivity contribution < 1.29 is 5.11 Å². The minimum atomic E-state index is -1.05. The highest BCUT2D eigenvalue weighted by Gasteiger charge is 2.32. The van der Waals surface area contributed by atoms with Gasteiger partial charge in [-0.2, -0.15) is 0 Å². The van der Waals surface area contributed by atoms with Gasteiger partial charge < -0.3 is 10.0 Å². The van der Waals surface area contributed by atoms with Crippen LogP contribution in [0.25, 0.3) is 0 Å². The van der Waals surface area contributed by atoms with Crippen LogP contribution in [0.1, 0.15) is 48.4 Å². The molecule has 1 fully saturated rings. The van der Waals surface area contributed by atoms with Crippen molar-refractivity contribution in [3.8, 4) is 0 Å². The monoisotopic (exact) mass is 385 g/mol. The molecule has 0 bridgehead atoms. The van der Waals surface area contributed by atoms with Crippen molar-refractivity contribution in [2.24, 2.45) is 0 Å². The van der Waals surface area contributed by atoms with E-state index in [1.54, 1.807) is 0 Å². The van der Waals surface area contributed by atoms with Crippen LogP contribution in [0.4, 0.5) is 5.69 Å². The van der Waals surface area contributed by atoms with Gasteiger partial charge >= 0.3 is 0 Å². The summed E-state index contributed by atoms with van der Waals surface area (Å²) in [5.41, 5.74) is 4.62. The largest absolute Gasteiger partial charge is 0.380 e. The van der Waals surface area contributed by atoms with E-state index in [2.05, 4.69) is 60.4 Å². The van der Waals surface area contributed by atoms with Gasteiger partial charge in [0.2, 0.25) is 0 Å². The van der Waals surface area contributed by atoms with Crippen LogP contribution in [0.15, 0.2) is 78.9 Å². The number of piperidine rings is 1. The van der Waals surface area contributed by atoms with Gasteiger partial charge in [0.1, 0.15) is 5.60 Å². The van der Waals surface area contributed by atoms with E-state index >= 15 is 0 Å². The van der Waals surface area contributed by atoms with Crippen LogP contribution < -0.4 is 4.90 Å². The molecule has 4 rings (SSSR count). The lowest BCUT2D eigenvalue weighted by Crippen LogP contribution is -2.31. The predicted octanol–water partition coefficient (Wildman–Crippen LogP) is 5.72. The number of benzene rings is 3. The Morgan fingerprint density at radius 2 is 1.31 bits per heavy atom. The molecule has 2 heteroatoms. The number of aryl methyl sites for hydroxylation is 1. The smallest absolute Gasteiger partial charge is 0.119 e. The third-order valence-electron chi connectivity index (χ3n) is 6.26. The lowest BCUT2D eigenvalue weighted by molar-refractivity contribution is 0.0809. The molecule has 1 saturated heterocycles. The van der Waals surface area contributed by atoms with Crippen molar-refractivity contribution in [1.82, 2.24) is 0 Å². The molecule has 1 N–H and O–H groups in total. The minimum Gasteiger partial charge on any atom is -0.380 e. The van der Waals surface area contributed by atoms with Crippen LogP contribution in [0.3, 0.4) is 0 Å². The van der Waals surface area contributed by atoms with Gasteiger partial charge in [-0.05, 0) is 60.1 Å². The third-order valence-corrected chi connectivity index (χ3v) is 6.26. The second-order valence-corrected chi connectivity index (χ2v) is 8.12. The van der Waals surface area contributed by atoms with Crippen LogP contribution >= 0.6 is 0 Å². The Bertz CT molecular complexity index is 913. The first kappa shape index (κ1) is 19.7. The highest BCUT2D eigenvalue weighted by molar-refractivity contribution is 5.51. The van der Waals surface area contributed by atoms with Crippen LogP contribution in [-0.4, -0.2) is 18.2 Å². The SMILES string of the molecule is CCc1ccccc1CC(O)(c1ccccc1)c1ccc(N2CCCCC2)cc1. The summed E-state index contributed by atoms with van der Waals surface area (Å²) < 4.78 is 0. The van der Waals surface area contributed by atoms with E-state index in [1.165, 1.54) is 36.1 Å². The Labute approximate surface area is 174 Å². The molecule has 0 spiro atoms. The highest BCUT2D eigenvalue weighted by atomic mass is 16.3. The summed E-state index contributed by atoms with van der Waals surface area (Å²) in [5, 5.41) is 12.0. The standard InChI is InChI=1S/C27H31NO/c1-2-22-11-7-8-12-23(22)21-27(29,24-13-5-3-6-14-24)25-15-17-26(18-16-25)28-19-9-4-10-20-28/h3,5-8,11-18,29H,2,4,9-10,19-21H2,1H3. The molecule has 3 aromatic carbocycles. The number of aliphatic hydroxyl groups is 1. The van der Waals surface area contributed by atoms with Crippen molar-refractivity contribution in [2.75, 3.05) is 18.0 Å². The topological polar surface area (TPSA) is 23.5 Å². The van der Waals surface area contributed by atoms with Crippen LogP contribution in [0.5, 0.6) is 0 Å². The summed E-state index contributed by atoms with van der Waals surface area (Å²) in [5.74, 6) is 0. The Kier molecular flexibility index (Phi) is 6.01. The molecule has 1 aliphatic heterocycles. The van der Waals surface area contributed by atoms with Gasteiger partial charge in [-0.3, -0.25) is 0 Å². The number of anilines is 1. The normalized spacial score (nSPS) is 16.4. The Morgan fingerprint density at radius 1 is 0.724 bits per heavy atom. The molecule has 1 unspecified atom stereocenters. The Balaban J connectivity index is 1.71. The molecule has 2 nitrogen and oxygen atoms in total. The van der Waals surface area contributed by atoms with Gasteiger partial charge in [0.25, 0.3) is 0 Å². The second kappa shape index (κ2) is 8.84. The number of hydrogen-bond acceptors (Lipinski definition) is 2. The quantitative estimate of drug-likeness (QED) is 0.587. The summed E-state index contributed by atoms with van der Waals surface area (Å²) in [4.78, 5) is 2.46. The molecule has 150 valence electrons. The van der Waals surface area contributed by atoms with Crippen molar-refractivity contribution in [3.05, 3.63) is 101 Å². The fraction of sp³-hybridized carbons (Fsp3) is 0.333. The molecule has 3 aromatic rings. The zero-order valence-corrected chi connectivity index (χ0v) is 17.3. The zero-order valence-electron chi connectivity index (χ0n) is 17.3. The van der Waals surface area contributed by atoms with E-state index in [1.807, 2.05) is 30.3 Å². The van der Waals surface area contributed by atoms with E-state index in [0.29, 0.717) is 6.42 Å². The summed E-state index contributed by atoms with van der Waals surface area (Å²) >= 11 is 0. The maximum absolute atomic E-state index is 12.0. The molecule has 1 atom stereocenters. The predicted molar refractivity (Wildman–Crippen MR) is 121 cm³/mol. The van der Waals surface area contributed by atoms with Gasteiger partial charge in [0.05, 0.1) is 0 Å². The highest BCUT2D eigenvalue weighted by Crippen LogP contribution is 2.35. The van der Waals surface area contributed by atoms with Gasteiger partial charge in [0.15, 0.2) is 0 Å². The van der Waals surface area contributed by atoms with E-state index in [9.17, 15) is 5.11 Å². The molecule has 0 radical (unpaired) electrons. The molecule has 1 aliphatic rings. The number of rotatable bonds is 6. The Hall–Kier alpha value is -2.58. The van der Waals surface area contributed by atoms with Crippen molar-refractivity contribution >= 4 is 5.69 Å². The zero-order chi connectivity index (χ0) is 20.1. The first-order valence-electron chi connectivity index (χ1n) is 10.9. The lowest BCUT2D eigenvalue weighted by Gasteiger charge is -2.32. The van der Waals surface area contributed by atoms with Crippen molar-refractivity contribution in [2.45, 2.75) is 44.6 Å². The third kappa shape index (κ3) is 4.23. The fourth-order valence-electron chi connectivity index (χ4n) is 4.54. The lowest BCUT2D eigenvalue weighted by atomic mass is 9.80. The number of hydrogen-bond donors (Lipinski definition) is 1. The van der Waals surface area contributed by atoms with Crippen LogP contribution in [0, 0.1) is 0 Å². The van der Waals surface area contributed by atoms with E-state index in [4.69, 9.17) is 0 Å². The average Bonchev–Trinajstić information content (AvgIpc) is 2.80. The van der Waals surface area contributed by atoms with Gasteiger partial charge in [-0.1, -0.05) is 73.7 Å². The fourth-order valence-corrected chi connectivity index (χ4v) is 4.54. The Morgan fingerprint density at radius 3 is 1.97 bits per heavy atom. The molecular weight excluding hydrogens is 354 g/mol. The molecule has 0 saturated carbocycles. The van der Waals surface area contributed by atoms with Crippen molar-refractivity contribution in [1.29, 1.82) is 0 Å². The van der Waals surface area contributed by atoms with Gasteiger partial charge in [0, 0.05) is 25.2 Å². The van der Waals surface area contributed by atoms with E-state index in [0.717, 1.165) is 30.6 Å². The van der Waals surface area contributed by atoms with Gasteiger partial charge in [-0.25, -0.2) is 0 Å². The van der Waals surface area contributed by atoms with E-state index < -0.39 is 5.60 Å². The maximum atomic E-state index is 12.0. The summed E-state index contributed by atoms with van der Waals surface area (Å²) in [7, 11) is 0. The molecule has 0 amide bonds. The summed E-state index contributed by atoms with van der Waals surface area (Å²) in [6, 6.07) is 27.1. The maximum Gasteiger partial charge on any atom is 0.119 e. The number of nitrogens with zero attached hydrogens (tertiary/aromatic N) is 1. The van der Waals surface area contributed by atoms with Crippen LogP contribution in [-0.2, 0) is 18.4 Å². The minimum absolute atomic E-state index is 0.573. The summed E-state index contributed by atoms with van der Waals surface area (Å²) in [6.07, 6.45) is 5.41. The molecular formula is C27H31NO. The average molecular weight is 386 g/mol. The molecule has 29 heavy (non-hydrogen) atoms. The summed E-state index contributed by atoms with van der Waals surface area (Å²) in [6.45, 7) is 4.44. The van der Waals surface area contributed by atoms with Gasteiger partial charge in [-0.15, -0.1) is 0 Å². The van der Waals surface area contributed by atoms with E-state index in [-0.39, 0.29) is 0 Å². The molecule has 0 aliphatic carbocycles. The van der Waals surface area contributed by atoms with Crippen molar-refractivity contribution in [3.63, 3.8) is 0 Å². The first-order chi connectivity index (χ1) is 14.2. The second-order valence-electron chi connectivity index (χ2n) is 8.12. The van der Waals surface area contributed by atoms with Crippen LogP contribution in [0.2, 0.25) is 0 Å². The molecule has 1 heterocycles. The molecule has 0 aromatic heterocycles.